The van der Waals surface area contributed by atoms with E-state index in [-0.39, 0.29) is 5.02 Å². The second kappa shape index (κ2) is 5.80. The van der Waals surface area contributed by atoms with Crippen molar-refractivity contribution in [1.82, 2.24) is 4.57 Å². The fraction of sp³-hybridized carbons (Fsp3) is 0.312. The van der Waals surface area contributed by atoms with Crippen LogP contribution < -0.4 is 0 Å². The van der Waals surface area contributed by atoms with Gasteiger partial charge in [0.05, 0.1) is 10.7 Å². The van der Waals surface area contributed by atoms with Crippen LogP contribution in [-0.2, 0) is 0 Å². The number of hydrogen-bond donors (Lipinski definition) is 0. The van der Waals surface area contributed by atoms with E-state index in [9.17, 15) is 4.39 Å². The molecule has 0 atom stereocenters. The summed E-state index contributed by atoms with van der Waals surface area (Å²) in [6.45, 7) is 0. The van der Waals surface area contributed by atoms with Crippen LogP contribution in [0.4, 0.5) is 10.1 Å². The second-order valence-electron chi connectivity index (χ2n) is 5.19. The van der Waals surface area contributed by atoms with E-state index in [1.165, 1.54) is 37.8 Å². The number of rotatable bonds is 3. The highest BCUT2D eigenvalue weighted by Crippen LogP contribution is 2.29. The van der Waals surface area contributed by atoms with E-state index in [4.69, 9.17) is 11.6 Å². The summed E-state index contributed by atoms with van der Waals surface area (Å²) in [5.74, 6) is -0.419. The van der Waals surface area contributed by atoms with Crippen molar-refractivity contribution in [2.75, 3.05) is 0 Å². The maximum atomic E-state index is 13.1. The van der Waals surface area contributed by atoms with Crippen molar-refractivity contribution in [3.63, 3.8) is 0 Å². The van der Waals surface area contributed by atoms with Crippen molar-refractivity contribution in [2.45, 2.75) is 31.7 Å². The van der Waals surface area contributed by atoms with Gasteiger partial charge >= 0.3 is 0 Å². The van der Waals surface area contributed by atoms with Gasteiger partial charge in [0.2, 0.25) is 0 Å². The van der Waals surface area contributed by atoms with Crippen molar-refractivity contribution >= 4 is 23.5 Å². The number of benzene rings is 1. The van der Waals surface area contributed by atoms with Gasteiger partial charge in [-0.25, -0.2) is 4.39 Å². The summed E-state index contributed by atoms with van der Waals surface area (Å²) < 4.78 is 15.3. The Balaban J connectivity index is 1.73. The van der Waals surface area contributed by atoms with Crippen LogP contribution in [0.25, 0.3) is 0 Å². The quantitative estimate of drug-likeness (QED) is 0.696. The average Bonchev–Trinajstić information content (AvgIpc) is 3.09. The maximum absolute atomic E-state index is 13.1. The van der Waals surface area contributed by atoms with Gasteiger partial charge in [0, 0.05) is 30.2 Å². The van der Waals surface area contributed by atoms with Crippen LogP contribution in [-0.4, -0.2) is 10.8 Å². The van der Waals surface area contributed by atoms with Crippen LogP contribution in [0.3, 0.4) is 0 Å². The molecule has 20 heavy (non-hydrogen) atoms. The van der Waals surface area contributed by atoms with E-state index in [2.05, 4.69) is 22.0 Å². The SMILES string of the molecule is Fc1ccc(N=Cc2ccn(C3CCCC3)c2)cc1Cl. The lowest BCUT2D eigenvalue weighted by molar-refractivity contribution is 0.521. The number of hydrogen-bond acceptors (Lipinski definition) is 1. The van der Waals surface area contributed by atoms with Gasteiger partial charge in [-0.05, 0) is 37.1 Å². The molecule has 1 aromatic heterocycles. The standard InChI is InChI=1S/C16H16ClFN2/c17-15-9-13(5-6-16(15)18)19-10-12-7-8-20(11-12)14-3-1-2-4-14/h5-11,14H,1-4H2. The first kappa shape index (κ1) is 13.4. The highest BCUT2D eigenvalue weighted by molar-refractivity contribution is 6.31. The molecule has 2 aromatic rings. The van der Waals surface area contributed by atoms with E-state index < -0.39 is 5.82 Å². The second-order valence-corrected chi connectivity index (χ2v) is 5.59. The molecule has 0 spiro atoms. The van der Waals surface area contributed by atoms with Crippen LogP contribution in [0.1, 0.15) is 37.3 Å². The average molecular weight is 291 g/mol. The summed E-state index contributed by atoms with van der Waals surface area (Å²) in [6.07, 6.45) is 11.2. The fourth-order valence-corrected chi connectivity index (χ4v) is 2.83. The normalized spacial score (nSPS) is 16.3. The number of nitrogens with zero attached hydrogens (tertiary/aromatic N) is 2. The van der Waals surface area contributed by atoms with E-state index in [0.29, 0.717) is 11.7 Å². The molecular weight excluding hydrogens is 275 g/mol. The first-order valence-electron chi connectivity index (χ1n) is 6.89. The van der Waals surface area contributed by atoms with Crippen molar-refractivity contribution in [2.24, 2.45) is 4.99 Å². The smallest absolute Gasteiger partial charge is 0.141 e. The first-order valence-corrected chi connectivity index (χ1v) is 7.27. The molecule has 3 rings (SSSR count). The maximum Gasteiger partial charge on any atom is 0.141 e. The lowest BCUT2D eigenvalue weighted by Crippen LogP contribution is -2.00. The third-order valence-electron chi connectivity index (χ3n) is 3.75. The van der Waals surface area contributed by atoms with Gasteiger partial charge in [-0.15, -0.1) is 0 Å². The summed E-state index contributed by atoms with van der Waals surface area (Å²) in [5, 5.41) is 0.100. The van der Waals surface area contributed by atoms with Crippen molar-refractivity contribution in [1.29, 1.82) is 0 Å². The van der Waals surface area contributed by atoms with Crippen molar-refractivity contribution < 1.29 is 4.39 Å². The summed E-state index contributed by atoms with van der Waals surface area (Å²) in [6, 6.07) is 7.16. The molecule has 0 bridgehead atoms. The Bertz CT molecular complexity index is 627. The molecule has 0 amide bonds. The van der Waals surface area contributed by atoms with Gasteiger partial charge in [0.15, 0.2) is 0 Å². The molecule has 0 radical (unpaired) electrons. The Hall–Kier alpha value is -1.61. The lowest BCUT2D eigenvalue weighted by Gasteiger charge is -2.10. The van der Waals surface area contributed by atoms with E-state index in [1.54, 1.807) is 12.3 Å². The molecule has 0 aliphatic heterocycles. The Kier molecular flexibility index (Phi) is 3.88. The molecule has 1 aliphatic rings. The molecule has 4 heteroatoms. The molecule has 0 saturated heterocycles. The predicted octanol–water partition coefficient (Wildman–Crippen LogP) is 5.15. The van der Waals surface area contributed by atoms with Crippen LogP contribution in [0.2, 0.25) is 5.02 Å². The molecule has 1 fully saturated rings. The van der Waals surface area contributed by atoms with E-state index >= 15 is 0 Å². The molecular formula is C16H16ClFN2. The van der Waals surface area contributed by atoms with Gasteiger partial charge in [0.25, 0.3) is 0 Å². The minimum absolute atomic E-state index is 0.100. The van der Waals surface area contributed by atoms with Gasteiger partial charge in [-0.1, -0.05) is 24.4 Å². The summed E-state index contributed by atoms with van der Waals surface area (Å²) in [4.78, 5) is 4.33. The molecule has 1 heterocycles. The largest absolute Gasteiger partial charge is 0.351 e. The summed E-state index contributed by atoms with van der Waals surface area (Å²) >= 11 is 5.73. The van der Waals surface area contributed by atoms with Crippen LogP contribution in [0.15, 0.2) is 41.7 Å². The van der Waals surface area contributed by atoms with Crippen molar-refractivity contribution in [3.05, 3.63) is 53.1 Å². The molecule has 1 saturated carbocycles. The van der Waals surface area contributed by atoms with Gasteiger partial charge < -0.3 is 4.57 Å². The third-order valence-corrected chi connectivity index (χ3v) is 4.04. The Morgan fingerprint density at radius 3 is 2.80 bits per heavy atom. The lowest BCUT2D eigenvalue weighted by atomic mass is 10.2. The van der Waals surface area contributed by atoms with Gasteiger partial charge in [0.1, 0.15) is 5.82 Å². The van der Waals surface area contributed by atoms with Crippen LogP contribution in [0.5, 0.6) is 0 Å². The highest BCUT2D eigenvalue weighted by Gasteiger charge is 2.15. The molecule has 2 nitrogen and oxygen atoms in total. The Morgan fingerprint density at radius 2 is 2.05 bits per heavy atom. The third kappa shape index (κ3) is 2.93. The van der Waals surface area contributed by atoms with Gasteiger partial charge in [-0.3, -0.25) is 4.99 Å². The van der Waals surface area contributed by atoms with Gasteiger partial charge in [-0.2, -0.15) is 0 Å². The van der Waals surface area contributed by atoms with Crippen LogP contribution >= 0.6 is 11.6 Å². The first-order chi connectivity index (χ1) is 9.72. The van der Waals surface area contributed by atoms with Crippen molar-refractivity contribution in [3.8, 4) is 0 Å². The Labute approximate surface area is 122 Å². The Morgan fingerprint density at radius 1 is 1.25 bits per heavy atom. The number of aromatic nitrogens is 1. The molecule has 1 aromatic carbocycles. The zero-order chi connectivity index (χ0) is 13.9. The highest BCUT2D eigenvalue weighted by atomic mass is 35.5. The molecule has 0 N–H and O–H groups in total. The van der Waals surface area contributed by atoms with E-state index in [0.717, 1.165) is 5.56 Å². The molecule has 104 valence electrons. The minimum atomic E-state index is -0.419. The zero-order valence-corrected chi connectivity index (χ0v) is 11.9. The molecule has 0 unspecified atom stereocenters. The number of aliphatic imine (C=N–C) groups is 1. The van der Waals surface area contributed by atoms with Crippen LogP contribution in [0, 0.1) is 5.82 Å². The zero-order valence-electron chi connectivity index (χ0n) is 11.1. The fourth-order valence-electron chi connectivity index (χ4n) is 2.65. The molecule has 1 aliphatic carbocycles. The summed E-state index contributed by atoms with van der Waals surface area (Å²) in [7, 11) is 0. The predicted molar refractivity (Wildman–Crippen MR) is 80.6 cm³/mol. The van der Waals surface area contributed by atoms with E-state index in [1.807, 2.05) is 6.07 Å². The summed E-state index contributed by atoms with van der Waals surface area (Å²) in [5.41, 5.74) is 1.71. The number of halogens is 2. The monoisotopic (exact) mass is 290 g/mol. The topological polar surface area (TPSA) is 17.3 Å². The minimum Gasteiger partial charge on any atom is -0.351 e.